The Balaban J connectivity index is 1.88. The largest absolute Gasteiger partial charge is 0.370 e. The molecule has 0 saturated carbocycles. The van der Waals surface area contributed by atoms with Crippen LogP contribution in [0.3, 0.4) is 0 Å². The molecule has 3 N–H and O–H groups in total. The van der Waals surface area contributed by atoms with Gasteiger partial charge < -0.3 is 16.0 Å². The van der Waals surface area contributed by atoms with Crippen LogP contribution in [-0.4, -0.2) is 24.2 Å². The van der Waals surface area contributed by atoms with Gasteiger partial charge in [-0.1, -0.05) is 70.4 Å². The molecule has 0 aromatic rings. The van der Waals surface area contributed by atoms with E-state index in [0.29, 0.717) is 12.7 Å². The van der Waals surface area contributed by atoms with Gasteiger partial charge in [-0.05, 0) is 12.8 Å². The highest BCUT2D eigenvalue weighted by atomic mass is 15.3. The Kier molecular flexibility index (Phi) is 11.9. The van der Waals surface area contributed by atoms with Crippen molar-refractivity contribution in [3.8, 4) is 0 Å². The van der Waals surface area contributed by atoms with Crippen LogP contribution in [0.5, 0.6) is 0 Å². The second kappa shape index (κ2) is 13.7. The predicted molar refractivity (Wildman–Crippen MR) is 97.4 cm³/mol. The van der Waals surface area contributed by atoms with E-state index in [0.717, 1.165) is 13.0 Å². The molecule has 128 valence electrons. The quantitative estimate of drug-likeness (QED) is 0.366. The Morgan fingerprint density at radius 1 is 1.00 bits per heavy atom. The highest BCUT2D eigenvalue weighted by molar-refractivity contribution is 4.98. The molecule has 1 aliphatic rings. The third kappa shape index (κ3) is 9.14. The highest BCUT2D eigenvalue weighted by Crippen LogP contribution is 2.12. The minimum atomic E-state index is 0.405. The van der Waals surface area contributed by atoms with Crippen molar-refractivity contribution in [2.45, 2.75) is 83.7 Å². The summed E-state index contributed by atoms with van der Waals surface area (Å²) in [6, 6.07) is 0. The molecule has 1 rings (SSSR count). The molecule has 22 heavy (non-hydrogen) atoms. The Morgan fingerprint density at radius 3 is 2.36 bits per heavy atom. The van der Waals surface area contributed by atoms with Gasteiger partial charge in [-0.2, -0.15) is 0 Å². The zero-order valence-corrected chi connectivity index (χ0v) is 14.6. The number of nitrogens with zero attached hydrogens (tertiary/aromatic N) is 1. The summed E-state index contributed by atoms with van der Waals surface area (Å²) in [5.74, 6) is 0. The summed E-state index contributed by atoms with van der Waals surface area (Å²) in [6.45, 7) is 3.92. The maximum absolute atomic E-state index is 5.62. The van der Waals surface area contributed by atoms with Crippen LogP contribution < -0.4 is 11.1 Å². The van der Waals surface area contributed by atoms with Crippen LogP contribution in [0.25, 0.3) is 0 Å². The molecule has 0 radical (unpaired) electrons. The predicted octanol–water partition coefficient (Wildman–Crippen LogP) is 4.51. The van der Waals surface area contributed by atoms with E-state index < -0.39 is 0 Å². The monoisotopic (exact) mass is 307 g/mol. The second-order valence-electron chi connectivity index (χ2n) is 6.35. The standard InChI is InChI=1S/C19H37N3/c1-2-3-4-5-6-7-8-9-10-11-12-13-14-19-21-16-18-22(19)17-15-20/h12-13,16,18-19,21H,2-11,14-15,17,20H2,1H3/b13-12+. The zero-order chi connectivity index (χ0) is 15.9. The number of hydrogen-bond donors (Lipinski definition) is 2. The lowest BCUT2D eigenvalue weighted by atomic mass is 10.1. The molecule has 3 nitrogen and oxygen atoms in total. The normalized spacial score (nSPS) is 17.5. The third-order valence-electron chi connectivity index (χ3n) is 4.34. The lowest BCUT2D eigenvalue weighted by molar-refractivity contribution is 0.287. The molecular weight excluding hydrogens is 270 g/mol. The van der Waals surface area contributed by atoms with Crippen molar-refractivity contribution >= 4 is 0 Å². The molecule has 0 aliphatic carbocycles. The minimum Gasteiger partial charge on any atom is -0.370 e. The summed E-state index contributed by atoms with van der Waals surface area (Å²) in [4.78, 5) is 2.28. The van der Waals surface area contributed by atoms with Crippen LogP contribution in [0.1, 0.15) is 77.6 Å². The van der Waals surface area contributed by atoms with Crippen molar-refractivity contribution in [3.63, 3.8) is 0 Å². The molecule has 3 heteroatoms. The molecule has 0 amide bonds. The summed E-state index contributed by atoms with van der Waals surface area (Å²) in [6.07, 6.45) is 24.1. The van der Waals surface area contributed by atoms with E-state index in [1.54, 1.807) is 0 Å². The molecule has 0 aromatic carbocycles. The fourth-order valence-corrected chi connectivity index (χ4v) is 2.95. The number of allylic oxidation sites excluding steroid dienone is 1. The number of unbranched alkanes of at least 4 members (excludes halogenated alkanes) is 9. The maximum Gasteiger partial charge on any atom is 0.102 e. The SMILES string of the molecule is CCCCCCCCCCC/C=C/CC1NC=CN1CCN. The Bertz CT molecular complexity index is 299. The Morgan fingerprint density at radius 2 is 1.68 bits per heavy atom. The smallest absolute Gasteiger partial charge is 0.102 e. The van der Waals surface area contributed by atoms with Crippen molar-refractivity contribution in [2.24, 2.45) is 5.73 Å². The average Bonchev–Trinajstić information content (AvgIpc) is 2.96. The average molecular weight is 308 g/mol. The van der Waals surface area contributed by atoms with Gasteiger partial charge in [-0.15, -0.1) is 0 Å². The highest BCUT2D eigenvalue weighted by Gasteiger charge is 2.15. The second-order valence-corrected chi connectivity index (χ2v) is 6.35. The first kappa shape index (κ1) is 19.1. The zero-order valence-electron chi connectivity index (χ0n) is 14.6. The lowest BCUT2D eigenvalue weighted by Gasteiger charge is -2.23. The van der Waals surface area contributed by atoms with E-state index in [1.165, 1.54) is 64.2 Å². The first-order chi connectivity index (χ1) is 10.9. The molecule has 0 aromatic heterocycles. The van der Waals surface area contributed by atoms with E-state index >= 15 is 0 Å². The fraction of sp³-hybridized carbons (Fsp3) is 0.789. The van der Waals surface area contributed by atoms with Gasteiger partial charge >= 0.3 is 0 Å². The van der Waals surface area contributed by atoms with E-state index in [4.69, 9.17) is 5.73 Å². The summed E-state index contributed by atoms with van der Waals surface area (Å²) in [5.41, 5.74) is 5.62. The van der Waals surface area contributed by atoms with Crippen LogP contribution >= 0.6 is 0 Å². The summed E-state index contributed by atoms with van der Waals surface area (Å²) in [7, 11) is 0. The van der Waals surface area contributed by atoms with Crippen molar-refractivity contribution < 1.29 is 0 Å². The van der Waals surface area contributed by atoms with E-state index in [9.17, 15) is 0 Å². The molecular formula is C19H37N3. The van der Waals surface area contributed by atoms with Crippen LogP contribution in [-0.2, 0) is 0 Å². The van der Waals surface area contributed by atoms with Crippen LogP contribution in [0.2, 0.25) is 0 Å². The van der Waals surface area contributed by atoms with E-state index in [2.05, 4.69) is 35.5 Å². The third-order valence-corrected chi connectivity index (χ3v) is 4.34. The molecule has 0 saturated heterocycles. The first-order valence-electron chi connectivity index (χ1n) is 9.42. The van der Waals surface area contributed by atoms with Gasteiger partial charge in [0.2, 0.25) is 0 Å². The summed E-state index contributed by atoms with van der Waals surface area (Å²) < 4.78 is 0. The first-order valence-corrected chi connectivity index (χ1v) is 9.42. The topological polar surface area (TPSA) is 41.3 Å². The van der Waals surface area contributed by atoms with Crippen molar-refractivity contribution in [3.05, 3.63) is 24.6 Å². The van der Waals surface area contributed by atoms with Crippen molar-refractivity contribution in [1.29, 1.82) is 0 Å². The van der Waals surface area contributed by atoms with Crippen LogP contribution in [0.4, 0.5) is 0 Å². The van der Waals surface area contributed by atoms with Gasteiger partial charge in [0.05, 0.1) is 0 Å². The molecule has 0 bridgehead atoms. The van der Waals surface area contributed by atoms with Gasteiger partial charge in [-0.25, -0.2) is 0 Å². The number of rotatable bonds is 14. The maximum atomic E-state index is 5.62. The van der Waals surface area contributed by atoms with Gasteiger partial charge in [0.15, 0.2) is 0 Å². The van der Waals surface area contributed by atoms with Gasteiger partial charge in [0, 0.05) is 31.9 Å². The number of nitrogens with two attached hydrogens (primary N) is 1. The van der Waals surface area contributed by atoms with Crippen molar-refractivity contribution in [2.75, 3.05) is 13.1 Å². The molecule has 0 spiro atoms. The molecule has 0 fully saturated rings. The number of nitrogens with one attached hydrogen (secondary N) is 1. The summed E-state index contributed by atoms with van der Waals surface area (Å²) in [5, 5.41) is 3.37. The summed E-state index contributed by atoms with van der Waals surface area (Å²) >= 11 is 0. The lowest BCUT2D eigenvalue weighted by Crippen LogP contribution is -2.37. The fourth-order valence-electron chi connectivity index (χ4n) is 2.95. The van der Waals surface area contributed by atoms with E-state index in [-0.39, 0.29) is 0 Å². The van der Waals surface area contributed by atoms with Gasteiger partial charge in [0.1, 0.15) is 6.17 Å². The van der Waals surface area contributed by atoms with Gasteiger partial charge in [0.25, 0.3) is 0 Å². The number of hydrogen-bond acceptors (Lipinski definition) is 3. The van der Waals surface area contributed by atoms with E-state index in [1.807, 2.05) is 6.20 Å². The minimum absolute atomic E-state index is 0.405. The van der Waals surface area contributed by atoms with Gasteiger partial charge in [-0.3, -0.25) is 0 Å². The Hall–Kier alpha value is -0.960. The molecule has 1 unspecified atom stereocenters. The van der Waals surface area contributed by atoms with Crippen LogP contribution in [0.15, 0.2) is 24.6 Å². The van der Waals surface area contributed by atoms with Crippen LogP contribution in [0, 0.1) is 0 Å². The molecule has 1 atom stereocenters. The van der Waals surface area contributed by atoms with Crippen molar-refractivity contribution in [1.82, 2.24) is 10.2 Å². The Labute approximate surface area is 138 Å². The molecule has 1 heterocycles. The molecule has 1 aliphatic heterocycles.